The number of nitrogens with zero attached hydrogens (tertiary/aromatic N) is 2. The number of aliphatic hydroxyl groups is 1. The fourth-order valence-corrected chi connectivity index (χ4v) is 4.29. The summed E-state index contributed by atoms with van der Waals surface area (Å²) in [4.78, 5) is 30.0. The van der Waals surface area contributed by atoms with Gasteiger partial charge in [-0.15, -0.1) is 0 Å². The minimum atomic E-state index is -0.675. The first kappa shape index (κ1) is 21.9. The van der Waals surface area contributed by atoms with E-state index in [0.29, 0.717) is 30.2 Å². The Labute approximate surface area is 187 Å². The second-order valence-electron chi connectivity index (χ2n) is 8.00. The van der Waals surface area contributed by atoms with Gasteiger partial charge in [-0.3, -0.25) is 9.59 Å². The molecule has 2 aromatic carbocycles. The molecule has 168 valence electrons. The van der Waals surface area contributed by atoms with E-state index in [2.05, 4.69) is 18.7 Å². The van der Waals surface area contributed by atoms with Crippen molar-refractivity contribution >= 4 is 17.4 Å². The molecule has 1 amide bonds. The summed E-state index contributed by atoms with van der Waals surface area (Å²) in [6, 6.07) is 12.0. The van der Waals surface area contributed by atoms with Crippen LogP contribution in [0.1, 0.15) is 36.6 Å². The molecule has 2 aliphatic rings. The highest BCUT2D eigenvalue weighted by atomic mass is 16.7. The van der Waals surface area contributed by atoms with E-state index in [1.54, 1.807) is 23.1 Å². The van der Waals surface area contributed by atoms with Crippen molar-refractivity contribution in [2.45, 2.75) is 26.8 Å². The van der Waals surface area contributed by atoms with Crippen LogP contribution in [0.4, 0.5) is 0 Å². The van der Waals surface area contributed by atoms with E-state index in [4.69, 9.17) is 9.47 Å². The lowest BCUT2D eigenvalue weighted by Gasteiger charge is -2.28. The van der Waals surface area contributed by atoms with Crippen LogP contribution in [0.15, 0.2) is 48.0 Å². The molecule has 7 nitrogen and oxygen atoms in total. The summed E-state index contributed by atoms with van der Waals surface area (Å²) in [6.45, 7) is 8.95. The molecule has 0 saturated carbocycles. The van der Waals surface area contributed by atoms with Gasteiger partial charge in [0.1, 0.15) is 5.76 Å². The van der Waals surface area contributed by atoms with Crippen LogP contribution in [-0.2, 0) is 9.59 Å². The van der Waals surface area contributed by atoms with Crippen LogP contribution in [0, 0.1) is 6.92 Å². The summed E-state index contributed by atoms with van der Waals surface area (Å²) >= 11 is 0. The van der Waals surface area contributed by atoms with Crippen LogP contribution >= 0.6 is 0 Å². The smallest absolute Gasteiger partial charge is 0.295 e. The van der Waals surface area contributed by atoms with Gasteiger partial charge >= 0.3 is 0 Å². The number of carbonyl (C=O) groups is 2. The van der Waals surface area contributed by atoms with E-state index in [-0.39, 0.29) is 18.1 Å². The van der Waals surface area contributed by atoms with Crippen LogP contribution in [0.25, 0.3) is 5.76 Å². The maximum atomic E-state index is 13.1. The van der Waals surface area contributed by atoms with E-state index in [0.717, 1.165) is 24.2 Å². The second kappa shape index (κ2) is 9.04. The molecule has 1 unspecified atom stereocenters. The SMILES string of the molecule is CCN(CC)CCN1C(=O)C(=O)/C(=C(\O)c2ccc3c(c2)OCO3)C1c1cccc(C)c1. The Bertz CT molecular complexity index is 1070. The zero-order valence-electron chi connectivity index (χ0n) is 18.6. The average Bonchev–Trinajstić information content (AvgIpc) is 3.36. The molecule has 1 saturated heterocycles. The van der Waals surface area contributed by atoms with E-state index >= 15 is 0 Å². The molecule has 0 aromatic heterocycles. The van der Waals surface area contributed by atoms with Gasteiger partial charge in [0, 0.05) is 18.7 Å². The van der Waals surface area contributed by atoms with Crippen molar-refractivity contribution in [3.05, 3.63) is 64.7 Å². The number of ketones is 1. The Morgan fingerprint density at radius 2 is 1.84 bits per heavy atom. The number of hydrogen-bond acceptors (Lipinski definition) is 6. The minimum absolute atomic E-state index is 0.0963. The third-order valence-corrected chi connectivity index (χ3v) is 6.10. The maximum Gasteiger partial charge on any atom is 0.295 e. The Morgan fingerprint density at radius 1 is 1.09 bits per heavy atom. The lowest BCUT2D eigenvalue weighted by molar-refractivity contribution is -0.140. The van der Waals surface area contributed by atoms with E-state index in [1.807, 2.05) is 31.2 Å². The average molecular weight is 437 g/mol. The van der Waals surface area contributed by atoms with Crippen molar-refractivity contribution in [1.29, 1.82) is 0 Å². The maximum absolute atomic E-state index is 13.1. The first-order chi connectivity index (χ1) is 15.4. The quantitative estimate of drug-likeness (QED) is 0.407. The van der Waals surface area contributed by atoms with Gasteiger partial charge in [-0.2, -0.15) is 0 Å². The first-order valence-electron chi connectivity index (χ1n) is 10.9. The molecule has 1 fully saturated rings. The minimum Gasteiger partial charge on any atom is -0.507 e. The van der Waals surface area contributed by atoms with E-state index in [9.17, 15) is 14.7 Å². The summed E-state index contributed by atoms with van der Waals surface area (Å²) < 4.78 is 10.8. The molecule has 2 heterocycles. The normalized spacial score (nSPS) is 19.2. The topological polar surface area (TPSA) is 79.3 Å². The van der Waals surface area contributed by atoms with Gasteiger partial charge in [0.05, 0.1) is 11.6 Å². The van der Waals surface area contributed by atoms with Crippen molar-refractivity contribution in [2.75, 3.05) is 33.0 Å². The first-order valence-corrected chi connectivity index (χ1v) is 10.9. The number of aliphatic hydroxyl groups excluding tert-OH is 1. The number of hydrogen-bond donors (Lipinski definition) is 1. The molecule has 2 aromatic rings. The zero-order chi connectivity index (χ0) is 22.8. The Hall–Kier alpha value is -3.32. The molecule has 7 heteroatoms. The number of aryl methyl sites for hydroxylation is 1. The van der Waals surface area contributed by atoms with Crippen LogP contribution < -0.4 is 9.47 Å². The molecule has 4 rings (SSSR count). The molecule has 0 aliphatic carbocycles. The fraction of sp³-hybridized carbons (Fsp3) is 0.360. The van der Waals surface area contributed by atoms with Crippen molar-refractivity contribution in [1.82, 2.24) is 9.80 Å². The van der Waals surface area contributed by atoms with Gasteiger partial charge in [-0.05, 0) is 43.8 Å². The predicted octanol–water partition coefficient (Wildman–Crippen LogP) is 3.49. The molecule has 0 radical (unpaired) electrons. The molecular formula is C25H28N2O5. The molecule has 0 spiro atoms. The molecule has 32 heavy (non-hydrogen) atoms. The largest absolute Gasteiger partial charge is 0.507 e. The van der Waals surface area contributed by atoms with Gasteiger partial charge in [-0.1, -0.05) is 43.7 Å². The van der Waals surface area contributed by atoms with Crippen LogP contribution in [0.5, 0.6) is 11.5 Å². The molecule has 1 N–H and O–H groups in total. The number of carbonyl (C=O) groups excluding carboxylic acids is 2. The predicted molar refractivity (Wildman–Crippen MR) is 121 cm³/mol. The Kier molecular flexibility index (Phi) is 6.19. The number of ether oxygens (including phenoxy) is 2. The van der Waals surface area contributed by atoms with Crippen molar-refractivity contribution in [3.8, 4) is 11.5 Å². The lowest BCUT2D eigenvalue weighted by atomic mass is 9.94. The summed E-state index contributed by atoms with van der Waals surface area (Å²) in [6.07, 6.45) is 0. The number of fused-ring (bicyclic) bond motifs is 1. The lowest BCUT2D eigenvalue weighted by Crippen LogP contribution is -2.38. The summed E-state index contributed by atoms with van der Waals surface area (Å²) in [5.41, 5.74) is 2.32. The number of rotatable bonds is 7. The van der Waals surface area contributed by atoms with Crippen molar-refractivity contribution in [2.24, 2.45) is 0 Å². The van der Waals surface area contributed by atoms with Crippen molar-refractivity contribution in [3.63, 3.8) is 0 Å². The fourth-order valence-electron chi connectivity index (χ4n) is 4.29. The third-order valence-electron chi connectivity index (χ3n) is 6.10. The number of amides is 1. The van der Waals surface area contributed by atoms with E-state index < -0.39 is 17.7 Å². The molecule has 1 atom stereocenters. The molecular weight excluding hydrogens is 408 g/mol. The summed E-state index contributed by atoms with van der Waals surface area (Å²) in [5.74, 6) is -0.399. The molecule has 0 bridgehead atoms. The third kappa shape index (κ3) is 3.96. The van der Waals surface area contributed by atoms with Gasteiger partial charge in [-0.25, -0.2) is 0 Å². The van der Waals surface area contributed by atoms with Gasteiger partial charge in [0.25, 0.3) is 11.7 Å². The van der Waals surface area contributed by atoms with Gasteiger partial charge in [0.2, 0.25) is 6.79 Å². The highest BCUT2D eigenvalue weighted by Gasteiger charge is 2.46. The highest BCUT2D eigenvalue weighted by Crippen LogP contribution is 2.41. The standard InChI is InChI=1S/C25H28N2O5/c1-4-26(5-2)11-12-27-22(17-8-6-7-16(3)13-17)21(24(29)25(27)30)23(28)18-9-10-19-20(14-18)32-15-31-19/h6-10,13-14,22,28H,4-5,11-12,15H2,1-3H3/b23-21-. The zero-order valence-corrected chi connectivity index (χ0v) is 18.6. The molecule has 2 aliphatic heterocycles. The van der Waals surface area contributed by atoms with Gasteiger partial charge in [0.15, 0.2) is 11.5 Å². The highest BCUT2D eigenvalue weighted by molar-refractivity contribution is 6.46. The van der Waals surface area contributed by atoms with Crippen LogP contribution in [0.3, 0.4) is 0 Å². The Morgan fingerprint density at radius 3 is 2.56 bits per heavy atom. The number of benzene rings is 2. The summed E-state index contributed by atoms with van der Waals surface area (Å²) in [5, 5.41) is 11.2. The number of likely N-dealkylation sites (tertiary alicyclic amines) is 1. The van der Waals surface area contributed by atoms with E-state index in [1.165, 1.54) is 0 Å². The summed E-state index contributed by atoms with van der Waals surface area (Å²) in [7, 11) is 0. The Balaban J connectivity index is 1.79. The number of Topliss-reactive ketones (excluding diaryl/α,β-unsaturated/α-hetero) is 1. The second-order valence-corrected chi connectivity index (χ2v) is 8.00. The number of likely N-dealkylation sites (N-methyl/N-ethyl adjacent to an activating group) is 1. The van der Waals surface area contributed by atoms with Crippen LogP contribution in [-0.4, -0.2) is 59.6 Å². The van der Waals surface area contributed by atoms with Gasteiger partial charge < -0.3 is 24.4 Å². The van der Waals surface area contributed by atoms with Crippen LogP contribution in [0.2, 0.25) is 0 Å². The monoisotopic (exact) mass is 436 g/mol. The van der Waals surface area contributed by atoms with Crippen molar-refractivity contribution < 1.29 is 24.2 Å².